The SMILES string of the molecule is COCn1c(=O)n(COC)c2cc(NC(=O)Nc3cccc(Cc4cccc(NC(=O)Nc5ccc6c(c5)n(COC)c(=O)n6COC)c4)c3)ccc21. The van der Waals surface area contributed by atoms with Gasteiger partial charge in [0, 0.05) is 51.2 Å². The number of benzene rings is 4. The van der Waals surface area contributed by atoms with Gasteiger partial charge in [-0.25, -0.2) is 19.2 Å². The molecule has 0 aliphatic heterocycles. The topological polar surface area (TPSA) is 173 Å². The Morgan fingerprint density at radius 3 is 1.17 bits per heavy atom. The van der Waals surface area contributed by atoms with E-state index in [0.717, 1.165) is 11.1 Å². The first-order valence-electron chi connectivity index (χ1n) is 16.5. The van der Waals surface area contributed by atoms with E-state index in [1.54, 1.807) is 48.5 Å². The van der Waals surface area contributed by atoms with Crippen LogP contribution in [0.3, 0.4) is 0 Å². The van der Waals surface area contributed by atoms with Crippen molar-refractivity contribution < 1.29 is 28.5 Å². The third-order valence-corrected chi connectivity index (χ3v) is 8.36. The average molecular weight is 725 g/mol. The molecule has 0 fully saturated rings. The predicted molar refractivity (Wildman–Crippen MR) is 201 cm³/mol. The average Bonchev–Trinajstić information content (AvgIpc) is 3.53. The van der Waals surface area contributed by atoms with E-state index in [2.05, 4.69) is 21.3 Å². The molecule has 0 radical (unpaired) electrons. The molecule has 0 unspecified atom stereocenters. The molecule has 16 heteroatoms. The van der Waals surface area contributed by atoms with Gasteiger partial charge in [-0.2, -0.15) is 0 Å². The molecule has 0 aliphatic carbocycles. The van der Waals surface area contributed by atoms with Crippen LogP contribution < -0.4 is 32.6 Å². The van der Waals surface area contributed by atoms with Crippen LogP contribution in [0.4, 0.5) is 32.3 Å². The van der Waals surface area contributed by atoms with Crippen LogP contribution in [0.5, 0.6) is 0 Å². The third kappa shape index (κ3) is 8.15. The summed E-state index contributed by atoms with van der Waals surface area (Å²) in [6, 6.07) is 24.3. The van der Waals surface area contributed by atoms with Gasteiger partial charge >= 0.3 is 23.4 Å². The molecule has 6 aromatic rings. The second kappa shape index (κ2) is 16.4. The van der Waals surface area contributed by atoms with Crippen molar-refractivity contribution in [3.63, 3.8) is 0 Å². The summed E-state index contributed by atoms with van der Waals surface area (Å²) in [5, 5.41) is 11.4. The molecule has 2 aromatic heterocycles. The standard InChI is InChI=1S/C37H40N8O8/c1-50-20-42-30-13-11-28(18-32(30)44(22-52-3)36(42)48)40-34(46)38-26-9-5-7-24(16-26)15-25-8-6-10-27(17-25)39-35(47)41-29-12-14-31-33(19-29)45(23-53-4)37(49)43(31)21-51-2/h5-14,16-19H,15,20-23H2,1-4H3,(H2,38,40,46)(H2,39,41,47). The van der Waals surface area contributed by atoms with Crippen LogP contribution in [-0.2, 0) is 52.3 Å². The van der Waals surface area contributed by atoms with Gasteiger partial charge in [0.2, 0.25) is 0 Å². The summed E-state index contributed by atoms with van der Waals surface area (Å²) >= 11 is 0. The van der Waals surface area contributed by atoms with Crippen LogP contribution in [0.25, 0.3) is 22.1 Å². The second-order valence-electron chi connectivity index (χ2n) is 12.1. The summed E-state index contributed by atoms with van der Waals surface area (Å²) in [6.07, 6.45) is 0.534. The van der Waals surface area contributed by atoms with Crippen molar-refractivity contribution in [3.8, 4) is 0 Å². The van der Waals surface area contributed by atoms with E-state index < -0.39 is 12.1 Å². The Bertz CT molecular complexity index is 2230. The number of nitrogens with one attached hydrogen (secondary N) is 4. The molecule has 4 amide bonds. The number of carbonyl (C=O) groups is 2. The Morgan fingerprint density at radius 1 is 0.472 bits per heavy atom. The number of anilines is 4. The van der Waals surface area contributed by atoms with Crippen LogP contribution in [-0.4, -0.2) is 58.8 Å². The predicted octanol–water partition coefficient (Wildman–Crippen LogP) is 5.21. The molecule has 0 saturated heterocycles. The van der Waals surface area contributed by atoms with Gasteiger partial charge in [-0.05, 0) is 78.2 Å². The van der Waals surface area contributed by atoms with E-state index in [4.69, 9.17) is 18.9 Å². The van der Waals surface area contributed by atoms with E-state index >= 15 is 0 Å². The molecule has 53 heavy (non-hydrogen) atoms. The van der Waals surface area contributed by atoms with E-state index in [0.29, 0.717) is 51.2 Å². The van der Waals surface area contributed by atoms with Crippen molar-refractivity contribution in [2.75, 3.05) is 49.7 Å². The highest BCUT2D eigenvalue weighted by Gasteiger charge is 2.16. The number of urea groups is 2. The molecule has 6 rings (SSSR count). The fraction of sp³-hybridized carbons (Fsp3) is 0.243. The van der Waals surface area contributed by atoms with E-state index in [9.17, 15) is 19.2 Å². The Balaban J connectivity index is 1.09. The molecule has 276 valence electrons. The minimum absolute atomic E-state index is 0.0452. The fourth-order valence-electron chi connectivity index (χ4n) is 6.15. The maximum Gasteiger partial charge on any atom is 0.332 e. The summed E-state index contributed by atoms with van der Waals surface area (Å²) in [7, 11) is 6.02. The molecule has 0 aliphatic rings. The maximum absolute atomic E-state index is 13.0. The molecule has 0 saturated carbocycles. The highest BCUT2D eigenvalue weighted by molar-refractivity contribution is 6.01. The molecular weight excluding hydrogens is 684 g/mol. The van der Waals surface area contributed by atoms with Crippen molar-refractivity contribution in [3.05, 3.63) is 117 Å². The first-order chi connectivity index (χ1) is 25.7. The molecule has 16 nitrogen and oxygen atoms in total. The van der Waals surface area contributed by atoms with Crippen LogP contribution in [0.15, 0.2) is 94.5 Å². The lowest BCUT2D eigenvalue weighted by molar-refractivity contribution is 0.117. The molecule has 2 heterocycles. The first kappa shape index (κ1) is 36.6. The van der Waals surface area contributed by atoms with Crippen molar-refractivity contribution in [1.82, 2.24) is 18.3 Å². The van der Waals surface area contributed by atoms with Gasteiger partial charge in [-0.3, -0.25) is 18.3 Å². The zero-order chi connectivity index (χ0) is 37.5. The number of methoxy groups -OCH3 is 4. The molecule has 4 N–H and O–H groups in total. The molecular formula is C37H40N8O8. The van der Waals surface area contributed by atoms with Crippen molar-refractivity contribution in [2.45, 2.75) is 33.3 Å². The Labute approximate surface area is 303 Å². The number of nitrogens with zero attached hydrogens (tertiary/aromatic N) is 4. The van der Waals surface area contributed by atoms with Crippen molar-refractivity contribution >= 4 is 56.9 Å². The molecule has 0 spiro atoms. The monoisotopic (exact) mass is 724 g/mol. The van der Waals surface area contributed by atoms with Crippen LogP contribution >= 0.6 is 0 Å². The van der Waals surface area contributed by atoms with Gasteiger partial charge in [0.1, 0.15) is 26.9 Å². The summed E-state index contributed by atoms with van der Waals surface area (Å²) in [6.45, 7) is 0.251. The van der Waals surface area contributed by atoms with Crippen LogP contribution in [0, 0.1) is 0 Å². The lowest BCUT2D eigenvalue weighted by Gasteiger charge is -2.11. The highest BCUT2D eigenvalue weighted by atomic mass is 16.5. The normalized spacial score (nSPS) is 11.2. The zero-order valence-electron chi connectivity index (χ0n) is 29.7. The number of hydrogen-bond acceptors (Lipinski definition) is 8. The van der Waals surface area contributed by atoms with Gasteiger partial charge in [0.05, 0.1) is 22.1 Å². The molecule has 0 bridgehead atoms. The molecule has 0 atom stereocenters. The van der Waals surface area contributed by atoms with Gasteiger partial charge in [0.25, 0.3) is 0 Å². The smallest absolute Gasteiger partial charge is 0.332 e. The van der Waals surface area contributed by atoms with Gasteiger partial charge in [0.15, 0.2) is 0 Å². The zero-order valence-corrected chi connectivity index (χ0v) is 29.7. The number of imidazole rings is 2. The van der Waals surface area contributed by atoms with Crippen molar-refractivity contribution in [2.24, 2.45) is 0 Å². The second-order valence-corrected chi connectivity index (χ2v) is 12.1. The minimum Gasteiger partial charge on any atom is -0.364 e. The van der Waals surface area contributed by atoms with Crippen LogP contribution in [0.1, 0.15) is 11.1 Å². The van der Waals surface area contributed by atoms with Crippen LogP contribution in [0.2, 0.25) is 0 Å². The fourth-order valence-corrected chi connectivity index (χ4v) is 6.15. The van der Waals surface area contributed by atoms with Gasteiger partial charge < -0.3 is 40.2 Å². The van der Waals surface area contributed by atoms with Gasteiger partial charge in [-0.1, -0.05) is 24.3 Å². The number of fused-ring (bicyclic) bond motifs is 2. The largest absolute Gasteiger partial charge is 0.364 e. The third-order valence-electron chi connectivity index (χ3n) is 8.36. The number of hydrogen-bond donors (Lipinski definition) is 4. The number of carbonyl (C=O) groups excluding carboxylic acids is 2. The number of ether oxygens (including phenoxy) is 4. The lowest BCUT2D eigenvalue weighted by atomic mass is 10.0. The summed E-state index contributed by atoms with van der Waals surface area (Å²) in [5.41, 5.74) is 5.93. The molecule has 4 aromatic carbocycles. The number of rotatable bonds is 14. The highest BCUT2D eigenvalue weighted by Crippen LogP contribution is 2.23. The Hall–Kier alpha value is -6.20. The van der Waals surface area contributed by atoms with Gasteiger partial charge in [-0.15, -0.1) is 0 Å². The Morgan fingerprint density at radius 2 is 0.811 bits per heavy atom. The summed E-state index contributed by atoms with van der Waals surface area (Å²) in [4.78, 5) is 51.7. The summed E-state index contributed by atoms with van der Waals surface area (Å²) < 4.78 is 26.7. The van der Waals surface area contributed by atoms with E-state index in [1.807, 2.05) is 36.4 Å². The Kier molecular flexibility index (Phi) is 11.3. The summed E-state index contributed by atoms with van der Waals surface area (Å²) in [5.74, 6) is 0. The number of aromatic nitrogens is 4. The minimum atomic E-state index is -0.454. The number of amides is 4. The van der Waals surface area contributed by atoms with E-state index in [1.165, 1.54) is 46.7 Å². The first-order valence-corrected chi connectivity index (χ1v) is 16.5. The van der Waals surface area contributed by atoms with E-state index in [-0.39, 0.29) is 38.3 Å². The quantitative estimate of drug-likeness (QED) is 0.119. The lowest BCUT2D eigenvalue weighted by Crippen LogP contribution is -2.25. The van der Waals surface area contributed by atoms with Crippen molar-refractivity contribution in [1.29, 1.82) is 0 Å². The maximum atomic E-state index is 13.0.